The van der Waals surface area contributed by atoms with Gasteiger partial charge in [-0.2, -0.15) is 0 Å². The average molecular weight is 383 g/mol. The third-order valence-corrected chi connectivity index (χ3v) is 5.29. The Labute approximate surface area is 164 Å². The minimum Gasteiger partial charge on any atom is -0.497 e. The number of likely N-dealkylation sites (tertiary alicyclic amines) is 1. The molecular formula is C21H25N3O4. The maximum Gasteiger partial charge on any atom is 0.269 e. The molecule has 1 saturated heterocycles. The van der Waals surface area contributed by atoms with Crippen molar-refractivity contribution in [1.82, 2.24) is 4.90 Å². The van der Waals surface area contributed by atoms with Gasteiger partial charge in [0.05, 0.1) is 18.6 Å². The van der Waals surface area contributed by atoms with Crippen molar-refractivity contribution < 1.29 is 14.5 Å². The van der Waals surface area contributed by atoms with Gasteiger partial charge >= 0.3 is 0 Å². The Kier molecular flexibility index (Phi) is 6.26. The first kappa shape index (κ1) is 19.8. The fourth-order valence-electron chi connectivity index (χ4n) is 3.59. The molecule has 7 heteroatoms. The van der Waals surface area contributed by atoms with Gasteiger partial charge in [-0.05, 0) is 55.6 Å². The lowest BCUT2D eigenvalue weighted by molar-refractivity contribution is -0.384. The highest BCUT2D eigenvalue weighted by atomic mass is 16.6. The summed E-state index contributed by atoms with van der Waals surface area (Å²) in [6.07, 6.45) is 3.05. The van der Waals surface area contributed by atoms with Crippen LogP contribution in [-0.4, -0.2) is 49.0 Å². The van der Waals surface area contributed by atoms with Crippen LogP contribution in [0.5, 0.6) is 5.75 Å². The van der Waals surface area contributed by atoms with Crippen molar-refractivity contribution >= 4 is 17.3 Å². The van der Waals surface area contributed by atoms with Crippen molar-refractivity contribution in [1.29, 1.82) is 0 Å². The van der Waals surface area contributed by atoms with Gasteiger partial charge in [-0.15, -0.1) is 0 Å². The van der Waals surface area contributed by atoms with Crippen molar-refractivity contribution in [3.05, 3.63) is 64.2 Å². The minimum atomic E-state index is -0.445. The predicted octanol–water partition coefficient (Wildman–Crippen LogP) is 3.27. The number of methoxy groups -OCH3 is 1. The van der Waals surface area contributed by atoms with Crippen molar-refractivity contribution in [2.75, 3.05) is 32.1 Å². The number of benzene rings is 2. The molecule has 7 nitrogen and oxygen atoms in total. The molecule has 2 aromatic rings. The van der Waals surface area contributed by atoms with E-state index in [2.05, 4.69) is 17.0 Å². The second kappa shape index (κ2) is 8.84. The number of ether oxygens (including phenoxy) is 1. The Morgan fingerprint density at radius 3 is 2.50 bits per heavy atom. The van der Waals surface area contributed by atoms with Crippen LogP contribution in [0.2, 0.25) is 0 Å². The van der Waals surface area contributed by atoms with Crippen LogP contribution in [0.25, 0.3) is 0 Å². The number of hydrogen-bond acceptors (Lipinski definition) is 5. The summed E-state index contributed by atoms with van der Waals surface area (Å²) in [7, 11) is 3.36. The van der Waals surface area contributed by atoms with Gasteiger partial charge in [-0.1, -0.05) is 12.1 Å². The first-order chi connectivity index (χ1) is 13.5. The number of non-ortho nitro benzene ring substituents is 1. The molecule has 3 rings (SSSR count). The van der Waals surface area contributed by atoms with Crippen LogP contribution < -0.4 is 9.64 Å². The molecule has 0 radical (unpaired) electrons. The molecule has 0 aliphatic carbocycles. The average Bonchev–Trinajstić information content (AvgIpc) is 3.14. The first-order valence-corrected chi connectivity index (χ1v) is 9.36. The molecule has 1 amide bonds. The summed E-state index contributed by atoms with van der Waals surface area (Å²) in [5.41, 5.74) is 1.90. The minimum absolute atomic E-state index is 0.0173. The van der Waals surface area contributed by atoms with Gasteiger partial charge in [-0.25, -0.2) is 0 Å². The lowest BCUT2D eigenvalue weighted by Crippen LogP contribution is -2.41. The summed E-state index contributed by atoms with van der Waals surface area (Å²) in [5.74, 6) is 0.822. The molecule has 2 aromatic carbocycles. The highest BCUT2D eigenvalue weighted by Gasteiger charge is 2.27. The van der Waals surface area contributed by atoms with Crippen LogP contribution in [0.15, 0.2) is 48.5 Å². The zero-order chi connectivity index (χ0) is 20.1. The SMILES string of the molecule is COc1ccc(CC2CCCN2CC(=O)N(C)c2ccc([N+](=O)[O-])cc2)cc1. The predicted molar refractivity (Wildman–Crippen MR) is 108 cm³/mol. The second-order valence-electron chi connectivity index (χ2n) is 7.04. The van der Waals surface area contributed by atoms with Crippen LogP contribution >= 0.6 is 0 Å². The number of carbonyl (C=O) groups excluding carboxylic acids is 1. The van der Waals surface area contributed by atoms with Crippen molar-refractivity contribution in [2.24, 2.45) is 0 Å². The number of carbonyl (C=O) groups is 1. The van der Waals surface area contributed by atoms with E-state index in [9.17, 15) is 14.9 Å². The number of amides is 1. The Morgan fingerprint density at radius 1 is 1.21 bits per heavy atom. The van der Waals surface area contributed by atoms with Gasteiger partial charge in [0.2, 0.25) is 5.91 Å². The number of nitro groups is 1. The number of hydrogen-bond donors (Lipinski definition) is 0. The number of rotatable bonds is 7. The topological polar surface area (TPSA) is 75.9 Å². The van der Waals surface area contributed by atoms with Crippen LogP contribution in [0.4, 0.5) is 11.4 Å². The van der Waals surface area contributed by atoms with Crippen LogP contribution in [0.3, 0.4) is 0 Å². The van der Waals surface area contributed by atoms with Gasteiger partial charge in [-0.3, -0.25) is 19.8 Å². The van der Waals surface area contributed by atoms with E-state index in [1.807, 2.05) is 12.1 Å². The molecule has 0 bridgehead atoms. The number of likely N-dealkylation sites (N-methyl/N-ethyl adjacent to an activating group) is 1. The zero-order valence-electron chi connectivity index (χ0n) is 16.2. The highest BCUT2D eigenvalue weighted by molar-refractivity contribution is 5.94. The first-order valence-electron chi connectivity index (χ1n) is 9.36. The summed E-state index contributed by atoms with van der Waals surface area (Å²) in [6.45, 7) is 1.25. The molecule has 1 unspecified atom stereocenters. The van der Waals surface area contributed by atoms with E-state index in [0.717, 1.165) is 31.6 Å². The summed E-state index contributed by atoms with van der Waals surface area (Å²) >= 11 is 0. The summed E-state index contributed by atoms with van der Waals surface area (Å²) in [5, 5.41) is 10.8. The van der Waals surface area contributed by atoms with Gasteiger partial charge < -0.3 is 9.64 Å². The maximum atomic E-state index is 12.7. The van der Waals surface area contributed by atoms with E-state index >= 15 is 0 Å². The molecule has 0 spiro atoms. The van der Waals surface area contributed by atoms with Gasteiger partial charge in [0.1, 0.15) is 5.75 Å². The number of nitrogens with zero attached hydrogens (tertiary/aromatic N) is 3. The normalized spacial score (nSPS) is 16.7. The molecule has 148 valence electrons. The van der Waals surface area contributed by atoms with E-state index in [4.69, 9.17) is 4.74 Å². The van der Waals surface area contributed by atoms with Crippen LogP contribution in [0, 0.1) is 10.1 Å². The van der Waals surface area contributed by atoms with Crippen LogP contribution in [-0.2, 0) is 11.2 Å². The molecule has 1 aliphatic heterocycles. The van der Waals surface area contributed by atoms with Gasteiger partial charge in [0, 0.05) is 30.9 Å². The standard InChI is InChI=1S/C21H25N3O4/c1-22(17-7-9-18(10-8-17)24(26)27)21(25)15-23-13-3-4-19(23)14-16-5-11-20(28-2)12-6-16/h5-12,19H,3-4,13-15H2,1-2H3. The summed E-state index contributed by atoms with van der Waals surface area (Å²) < 4.78 is 5.20. The third kappa shape index (κ3) is 4.67. The Morgan fingerprint density at radius 2 is 1.89 bits per heavy atom. The number of anilines is 1. The maximum absolute atomic E-state index is 12.7. The zero-order valence-corrected chi connectivity index (χ0v) is 16.2. The molecule has 1 atom stereocenters. The molecule has 0 N–H and O–H groups in total. The third-order valence-electron chi connectivity index (χ3n) is 5.29. The summed E-state index contributed by atoms with van der Waals surface area (Å²) in [6, 6.07) is 14.4. The second-order valence-corrected chi connectivity index (χ2v) is 7.04. The van der Waals surface area contributed by atoms with Crippen molar-refractivity contribution in [3.63, 3.8) is 0 Å². The molecule has 1 aliphatic rings. The Hall–Kier alpha value is -2.93. The van der Waals surface area contributed by atoms with E-state index in [1.165, 1.54) is 17.7 Å². The van der Waals surface area contributed by atoms with Crippen LogP contribution in [0.1, 0.15) is 18.4 Å². The van der Waals surface area contributed by atoms with E-state index in [1.54, 1.807) is 31.2 Å². The van der Waals surface area contributed by atoms with Gasteiger partial charge in [0.25, 0.3) is 5.69 Å². The monoisotopic (exact) mass is 383 g/mol. The number of nitro benzene ring substituents is 1. The van der Waals surface area contributed by atoms with E-state index in [-0.39, 0.29) is 11.6 Å². The highest BCUT2D eigenvalue weighted by Crippen LogP contribution is 2.23. The van der Waals surface area contributed by atoms with Gasteiger partial charge in [0.15, 0.2) is 0 Å². The van der Waals surface area contributed by atoms with E-state index in [0.29, 0.717) is 18.3 Å². The Bertz CT molecular complexity index is 821. The molecule has 0 aromatic heterocycles. The fraction of sp³-hybridized carbons (Fsp3) is 0.381. The van der Waals surface area contributed by atoms with Crippen molar-refractivity contribution in [2.45, 2.75) is 25.3 Å². The largest absolute Gasteiger partial charge is 0.497 e. The molecule has 28 heavy (non-hydrogen) atoms. The lowest BCUT2D eigenvalue weighted by atomic mass is 10.0. The molecule has 1 fully saturated rings. The molecule has 0 saturated carbocycles. The fourth-order valence-corrected chi connectivity index (χ4v) is 3.59. The van der Waals surface area contributed by atoms with Crippen molar-refractivity contribution in [3.8, 4) is 5.75 Å². The molecule has 1 heterocycles. The Balaban J connectivity index is 1.60. The quantitative estimate of drug-likeness (QED) is 0.542. The van der Waals surface area contributed by atoms with E-state index < -0.39 is 4.92 Å². The lowest BCUT2D eigenvalue weighted by Gasteiger charge is -2.26. The molecular weight excluding hydrogens is 358 g/mol. The smallest absolute Gasteiger partial charge is 0.269 e. The summed E-state index contributed by atoms with van der Waals surface area (Å²) in [4.78, 5) is 26.9.